The van der Waals surface area contributed by atoms with Crippen molar-refractivity contribution < 1.29 is 23.0 Å². The van der Waals surface area contributed by atoms with Gasteiger partial charge in [0.15, 0.2) is 5.69 Å². The largest absolute Gasteiger partial charge is 0.710 e. The number of imidazole rings is 1. The lowest BCUT2D eigenvalue weighted by Crippen LogP contribution is -2.36. The third-order valence-corrected chi connectivity index (χ3v) is 6.81. The Balaban J connectivity index is 1.73. The molecule has 40 heavy (non-hydrogen) atoms. The average molecular weight is 544 g/mol. The van der Waals surface area contributed by atoms with E-state index in [2.05, 4.69) is 22.1 Å². The highest BCUT2D eigenvalue weighted by Gasteiger charge is 2.30. The number of nitrogens with zero attached hydrogens (tertiary/aromatic N) is 1. The molecular formula is C32H31F2N3O3. The third kappa shape index (κ3) is 5.41. The molecule has 0 unspecified atom stereocenters. The summed E-state index contributed by atoms with van der Waals surface area (Å²) in [4.78, 5) is 16.1. The summed E-state index contributed by atoms with van der Waals surface area (Å²) < 4.78 is 34.5. The van der Waals surface area contributed by atoms with Gasteiger partial charge < -0.3 is 15.3 Å². The minimum absolute atomic E-state index is 0.158. The van der Waals surface area contributed by atoms with Crippen molar-refractivity contribution in [2.75, 3.05) is 12.4 Å². The topological polar surface area (TPSA) is 81.1 Å². The Morgan fingerprint density at radius 2 is 1.80 bits per heavy atom. The molecule has 1 amide bonds. The zero-order valence-corrected chi connectivity index (χ0v) is 23.3. The van der Waals surface area contributed by atoms with Crippen LogP contribution < -0.4 is 14.8 Å². The number of alkyl halides is 2. The summed E-state index contributed by atoms with van der Waals surface area (Å²) in [6, 6.07) is 14.8. The maximum absolute atomic E-state index is 14.2. The van der Waals surface area contributed by atoms with Gasteiger partial charge in [0.1, 0.15) is 5.75 Å². The number of aromatic amines is 1. The first-order chi connectivity index (χ1) is 19.0. The molecule has 1 heterocycles. The molecule has 0 fully saturated rings. The molecule has 0 bridgehead atoms. The van der Waals surface area contributed by atoms with Crippen LogP contribution in [0.1, 0.15) is 58.7 Å². The number of H-pyrrole nitrogens is 1. The summed E-state index contributed by atoms with van der Waals surface area (Å²) in [6.07, 6.45) is -0.370. The van der Waals surface area contributed by atoms with Gasteiger partial charge in [-0.25, -0.2) is 18.5 Å². The number of carbonyl (C=O) groups excluding carboxylic acids is 1. The highest BCUT2D eigenvalue weighted by Crippen LogP contribution is 2.38. The molecule has 0 atom stereocenters. The SMILES string of the molecule is CC#Cc1cc(C)c(-c2cc(-c3[nH]c(C)c(C(=O)Nc4cccc(C(F)(F)CC)c4)[n+]3[O-])ccc2OC)c(C)c1. The fourth-order valence-electron chi connectivity index (χ4n) is 4.88. The van der Waals surface area contributed by atoms with Gasteiger partial charge in [-0.1, -0.05) is 25.0 Å². The van der Waals surface area contributed by atoms with E-state index in [1.807, 2.05) is 32.0 Å². The number of nitrogens with one attached hydrogen (secondary N) is 2. The highest BCUT2D eigenvalue weighted by molar-refractivity contribution is 6.02. The normalized spacial score (nSPS) is 11.1. The van der Waals surface area contributed by atoms with Gasteiger partial charge >= 0.3 is 0 Å². The number of halogens is 2. The van der Waals surface area contributed by atoms with Gasteiger partial charge in [-0.2, -0.15) is 0 Å². The number of hydrogen-bond acceptors (Lipinski definition) is 3. The molecule has 0 saturated heterocycles. The van der Waals surface area contributed by atoms with Crippen molar-refractivity contribution in [3.05, 3.63) is 93.4 Å². The van der Waals surface area contributed by atoms with Gasteiger partial charge in [0.2, 0.25) is 5.69 Å². The molecule has 0 aliphatic rings. The lowest BCUT2D eigenvalue weighted by Gasteiger charge is -2.16. The average Bonchev–Trinajstić information content (AvgIpc) is 3.22. The molecule has 0 saturated carbocycles. The van der Waals surface area contributed by atoms with Gasteiger partial charge in [0.25, 0.3) is 17.7 Å². The first kappa shape index (κ1) is 28.4. The Morgan fingerprint density at radius 1 is 1.10 bits per heavy atom. The van der Waals surface area contributed by atoms with E-state index in [9.17, 15) is 18.8 Å². The van der Waals surface area contributed by atoms with Crippen LogP contribution in [-0.2, 0) is 5.92 Å². The van der Waals surface area contributed by atoms with Gasteiger partial charge in [-0.05, 0) is 79.9 Å². The number of anilines is 1. The quantitative estimate of drug-likeness (QED) is 0.149. The van der Waals surface area contributed by atoms with E-state index in [1.54, 1.807) is 33.1 Å². The van der Waals surface area contributed by atoms with Crippen molar-refractivity contribution in [2.24, 2.45) is 0 Å². The van der Waals surface area contributed by atoms with Crippen molar-refractivity contribution in [3.8, 4) is 40.1 Å². The van der Waals surface area contributed by atoms with E-state index >= 15 is 0 Å². The van der Waals surface area contributed by atoms with Crippen LogP contribution in [0.2, 0.25) is 0 Å². The molecule has 4 rings (SSSR count). The maximum atomic E-state index is 14.2. The summed E-state index contributed by atoms with van der Waals surface area (Å²) in [5.74, 6) is 3.07. The summed E-state index contributed by atoms with van der Waals surface area (Å²) in [5, 5.41) is 16.0. The monoisotopic (exact) mass is 543 g/mol. The van der Waals surface area contributed by atoms with Gasteiger partial charge in [-0.3, -0.25) is 4.79 Å². The summed E-state index contributed by atoms with van der Waals surface area (Å²) in [7, 11) is 1.58. The molecule has 0 spiro atoms. The van der Waals surface area contributed by atoms with E-state index in [0.717, 1.165) is 27.8 Å². The molecule has 4 aromatic rings. The number of amides is 1. The Labute approximate surface area is 232 Å². The maximum Gasteiger partial charge on any atom is 0.300 e. The minimum Gasteiger partial charge on any atom is -0.710 e. The first-order valence-electron chi connectivity index (χ1n) is 12.8. The minimum atomic E-state index is -3.02. The molecule has 3 aromatic carbocycles. The zero-order valence-electron chi connectivity index (χ0n) is 23.3. The number of ether oxygens (including phenoxy) is 1. The summed E-state index contributed by atoms with van der Waals surface area (Å²) in [6.45, 7) is 8.78. The second-order valence-electron chi connectivity index (χ2n) is 9.61. The third-order valence-electron chi connectivity index (χ3n) is 6.81. The predicted octanol–water partition coefficient (Wildman–Crippen LogP) is 7.04. The van der Waals surface area contributed by atoms with E-state index < -0.39 is 11.8 Å². The Hall–Kier alpha value is -4.64. The van der Waals surface area contributed by atoms with Gasteiger partial charge in [-0.15, -0.1) is 5.92 Å². The number of aromatic nitrogens is 2. The van der Waals surface area contributed by atoms with Crippen molar-refractivity contribution in [1.29, 1.82) is 0 Å². The second-order valence-corrected chi connectivity index (χ2v) is 9.61. The molecule has 2 N–H and O–H groups in total. The molecule has 0 aliphatic carbocycles. The molecule has 6 nitrogen and oxygen atoms in total. The van der Waals surface area contributed by atoms with Crippen molar-refractivity contribution >= 4 is 11.6 Å². The lowest BCUT2D eigenvalue weighted by atomic mass is 9.92. The van der Waals surface area contributed by atoms with Gasteiger partial charge in [0, 0.05) is 35.7 Å². The van der Waals surface area contributed by atoms with E-state index in [-0.39, 0.29) is 29.2 Å². The van der Waals surface area contributed by atoms with E-state index in [4.69, 9.17) is 4.74 Å². The van der Waals surface area contributed by atoms with E-state index in [0.29, 0.717) is 21.7 Å². The van der Waals surface area contributed by atoms with Crippen LogP contribution in [0.25, 0.3) is 22.5 Å². The molecule has 1 aromatic heterocycles. The number of rotatable bonds is 7. The second kappa shape index (κ2) is 11.2. The zero-order chi connectivity index (χ0) is 29.2. The number of hydrogen-bond donors (Lipinski definition) is 2. The van der Waals surface area contributed by atoms with Crippen LogP contribution in [0.15, 0.2) is 54.6 Å². The number of benzene rings is 3. The Morgan fingerprint density at radius 3 is 2.42 bits per heavy atom. The molecule has 0 radical (unpaired) electrons. The summed E-state index contributed by atoms with van der Waals surface area (Å²) in [5.41, 5.74) is 5.36. The van der Waals surface area contributed by atoms with Crippen LogP contribution in [0.5, 0.6) is 5.75 Å². The van der Waals surface area contributed by atoms with Crippen LogP contribution in [0.4, 0.5) is 14.5 Å². The standard InChI is InChI=1S/C32H31F2N3O3/c1-7-10-22-15-19(3)28(20(4)16-22)26-17-23(13-14-27(26)40-6)30-35-21(5)29(37(30)39)31(38)36-25-12-9-11-24(18-25)32(33,34)8-2/h9,11-18,35H,8H2,1-6H3,(H,36,38). The van der Waals surface area contributed by atoms with Crippen LogP contribution in [-0.4, -0.2) is 18.0 Å². The summed E-state index contributed by atoms with van der Waals surface area (Å²) >= 11 is 0. The van der Waals surface area contributed by atoms with Crippen LogP contribution in [0, 0.1) is 37.8 Å². The van der Waals surface area contributed by atoms with E-state index in [1.165, 1.54) is 31.2 Å². The number of methoxy groups -OCH3 is 1. The van der Waals surface area contributed by atoms with Crippen molar-refractivity contribution in [2.45, 2.75) is 47.0 Å². The molecule has 206 valence electrons. The molecule has 0 aliphatic heterocycles. The van der Waals surface area contributed by atoms with Crippen molar-refractivity contribution in [1.82, 2.24) is 4.98 Å². The Bertz CT molecular complexity index is 1640. The lowest BCUT2D eigenvalue weighted by molar-refractivity contribution is -0.594. The highest BCUT2D eigenvalue weighted by atomic mass is 19.3. The number of carbonyl (C=O) groups is 1. The smallest absolute Gasteiger partial charge is 0.300 e. The molecule has 8 heteroatoms. The predicted molar refractivity (Wildman–Crippen MR) is 153 cm³/mol. The van der Waals surface area contributed by atoms with Crippen molar-refractivity contribution in [3.63, 3.8) is 0 Å². The number of aryl methyl sites for hydroxylation is 3. The van der Waals surface area contributed by atoms with Crippen LogP contribution in [0.3, 0.4) is 0 Å². The first-order valence-corrected chi connectivity index (χ1v) is 12.8. The van der Waals surface area contributed by atoms with Gasteiger partial charge in [0.05, 0.1) is 12.7 Å². The Kier molecular flexibility index (Phi) is 7.96. The fraction of sp³-hybridized carbons (Fsp3) is 0.250. The molecular weight excluding hydrogens is 512 g/mol. The van der Waals surface area contributed by atoms with Crippen LogP contribution >= 0.6 is 0 Å². The fourth-order valence-corrected chi connectivity index (χ4v) is 4.88.